The first kappa shape index (κ1) is 17.6. The second-order valence-corrected chi connectivity index (χ2v) is 6.37. The van der Waals surface area contributed by atoms with E-state index in [2.05, 4.69) is 21.7 Å². The quantitative estimate of drug-likeness (QED) is 0.499. The van der Waals surface area contributed by atoms with Crippen molar-refractivity contribution in [3.8, 4) is 5.75 Å². The zero-order valence-electron chi connectivity index (χ0n) is 15.3. The lowest BCUT2D eigenvalue weighted by Gasteiger charge is -2.08. The Morgan fingerprint density at radius 2 is 1.68 bits per heavy atom. The molecule has 0 radical (unpaired) electrons. The molecule has 6 nitrogen and oxygen atoms in total. The Bertz CT molecular complexity index is 1160. The molecule has 2 amide bonds. The van der Waals surface area contributed by atoms with Crippen LogP contribution in [0.1, 0.15) is 10.4 Å². The lowest BCUT2D eigenvalue weighted by molar-refractivity contribution is -0.118. The summed E-state index contributed by atoms with van der Waals surface area (Å²) in [6, 6.07) is 20.5. The molecule has 0 spiro atoms. The fourth-order valence-electron chi connectivity index (χ4n) is 3.12. The van der Waals surface area contributed by atoms with Gasteiger partial charge in [-0.05, 0) is 42.5 Å². The average Bonchev–Trinajstić information content (AvgIpc) is 3.10. The van der Waals surface area contributed by atoms with Crippen molar-refractivity contribution in [2.75, 3.05) is 19.0 Å². The van der Waals surface area contributed by atoms with Gasteiger partial charge in [0.2, 0.25) is 0 Å². The Labute approximate surface area is 161 Å². The number of aromatic amines is 1. The van der Waals surface area contributed by atoms with Crippen LogP contribution in [0.5, 0.6) is 5.75 Å². The molecule has 3 N–H and O–H groups in total. The molecule has 140 valence electrons. The first-order valence-corrected chi connectivity index (χ1v) is 8.89. The zero-order chi connectivity index (χ0) is 19.5. The summed E-state index contributed by atoms with van der Waals surface area (Å²) in [5, 5.41) is 7.57. The standard InChI is InChI=1S/C22H19N3O3/c1-23-22(27)14-6-8-15(9-7-14)24-21(26)13-28-16-10-11-18-17-4-2-3-5-19(17)25-20(18)12-16/h2-12,25H,13H2,1H3,(H,23,27)(H,24,26). The Morgan fingerprint density at radius 3 is 2.46 bits per heavy atom. The largest absolute Gasteiger partial charge is 0.484 e. The van der Waals surface area contributed by atoms with Crippen LogP contribution in [-0.4, -0.2) is 30.5 Å². The Kier molecular flexibility index (Phi) is 4.68. The van der Waals surface area contributed by atoms with E-state index in [9.17, 15) is 9.59 Å². The van der Waals surface area contributed by atoms with Gasteiger partial charge in [0.1, 0.15) is 5.75 Å². The molecule has 4 rings (SSSR count). The number of fused-ring (bicyclic) bond motifs is 3. The highest BCUT2D eigenvalue weighted by molar-refractivity contribution is 6.07. The summed E-state index contributed by atoms with van der Waals surface area (Å²) in [6.07, 6.45) is 0. The molecule has 28 heavy (non-hydrogen) atoms. The third-order valence-electron chi connectivity index (χ3n) is 4.51. The van der Waals surface area contributed by atoms with Crippen molar-refractivity contribution >= 4 is 39.3 Å². The highest BCUT2D eigenvalue weighted by Gasteiger charge is 2.08. The number of carbonyl (C=O) groups is 2. The minimum atomic E-state index is -0.274. The summed E-state index contributed by atoms with van der Waals surface area (Å²) in [4.78, 5) is 27.0. The number of hydrogen-bond donors (Lipinski definition) is 3. The van der Waals surface area contributed by atoms with Gasteiger partial charge in [-0.15, -0.1) is 0 Å². The first-order chi connectivity index (χ1) is 13.6. The van der Waals surface area contributed by atoms with E-state index in [4.69, 9.17) is 4.74 Å². The zero-order valence-corrected chi connectivity index (χ0v) is 15.3. The fourth-order valence-corrected chi connectivity index (χ4v) is 3.12. The molecule has 0 unspecified atom stereocenters. The summed E-state index contributed by atoms with van der Waals surface area (Å²) in [5.41, 5.74) is 3.16. The molecule has 0 fully saturated rings. The van der Waals surface area contributed by atoms with Crippen LogP contribution in [0.3, 0.4) is 0 Å². The van der Waals surface area contributed by atoms with Crippen molar-refractivity contribution in [3.63, 3.8) is 0 Å². The minimum Gasteiger partial charge on any atom is -0.484 e. The number of rotatable bonds is 5. The first-order valence-electron chi connectivity index (χ1n) is 8.89. The van der Waals surface area contributed by atoms with Gasteiger partial charge in [0, 0.05) is 40.7 Å². The van der Waals surface area contributed by atoms with Crippen molar-refractivity contribution < 1.29 is 14.3 Å². The van der Waals surface area contributed by atoms with E-state index in [1.807, 2.05) is 36.4 Å². The van der Waals surface area contributed by atoms with Gasteiger partial charge in [0.25, 0.3) is 11.8 Å². The van der Waals surface area contributed by atoms with E-state index in [1.54, 1.807) is 31.3 Å². The Hall–Kier alpha value is -3.80. The van der Waals surface area contributed by atoms with Gasteiger partial charge < -0.3 is 20.4 Å². The molecule has 1 heterocycles. The predicted molar refractivity (Wildman–Crippen MR) is 110 cm³/mol. The average molecular weight is 373 g/mol. The molecule has 0 atom stereocenters. The van der Waals surface area contributed by atoms with Crippen LogP contribution in [-0.2, 0) is 4.79 Å². The summed E-state index contributed by atoms with van der Waals surface area (Å²) in [5.74, 6) is 0.169. The fraction of sp³-hybridized carbons (Fsp3) is 0.0909. The molecule has 3 aromatic carbocycles. The summed E-state index contributed by atoms with van der Waals surface area (Å²) < 4.78 is 5.63. The normalized spacial score (nSPS) is 10.8. The number of benzene rings is 3. The maximum absolute atomic E-state index is 12.1. The van der Waals surface area contributed by atoms with E-state index < -0.39 is 0 Å². The van der Waals surface area contributed by atoms with Crippen molar-refractivity contribution in [1.82, 2.24) is 10.3 Å². The topological polar surface area (TPSA) is 83.2 Å². The van der Waals surface area contributed by atoms with Crippen LogP contribution in [0.25, 0.3) is 21.8 Å². The number of para-hydroxylation sites is 1. The monoisotopic (exact) mass is 373 g/mol. The van der Waals surface area contributed by atoms with Gasteiger partial charge in [-0.1, -0.05) is 18.2 Å². The third kappa shape index (κ3) is 3.53. The van der Waals surface area contributed by atoms with Crippen LogP contribution in [0.4, 0.5) is 5.69 Å². The van der Waals surface area contributed by atoms with E-state index in [1.165, 1.54) is 0 Å². The van der Waals surface area contributed by atoms with Crippen LogP contribution in [0.2, 0.25) is 0 Å². The van der Waals surface area contributed by atoms with E-state index in [0.717, 1.165) is 21.8 Å². The highest BCUT2D eigenvalue weighted by atomic mass is 16.5. The SMILES string of the molecule is CNC(=O)c1ccc(NC(=O)COc2ccc3c(c2)[nH]c2ccccc23)cc1. The molecule has 1 aromatic heterocycles. The van der Waals surface area contributed by atoms with E-state index in [-0.39, 0.29) is 18.4 Å². The van der Waals surface area contributed by atoms with Crippen molar-refractivity contribution in [2.24, 2.45) is 0 Å². The molecule has 6 heteroatoms. The maximum atomic E-state index is 12.1. The number of H-pyrrole nitrogens is 1. The van der Waals surface area contributed by atoms with Crippen LogP contribution in [0.15, 0.2) is 66.7 Å². The minimum absolute atomic E-state index is 0.108. The van der Waals surface area contributed by atoms with Gasteiger partial charge in [-0.2, -0.15) is 0 Å². The number of nitrogens with one attached hydrogen (secondary N) is 3. The molecular weight excluding hydrogens is 354 g/mol. The van der Waals surface area contributed by atoms with Gasteiger partial charge in [0.15, 0.2) is 6.61 Å². The summed E-state index contributed by atoms with van der Waals surface area (Å²) in [6.45, 7) is -0.108. The molecule has 4 aromatic rings. The van der Waals surface area contributed by atoms with Crippen LogP contribution >= 0.6 is 0 Å². The number of hydrogen-bond acceptors (Lipinski definition) is 3. The molecular formula is C22H19N3O3. The summed E-state index contributed by atoms with van der Waals surface area (Å²) >= 11 is 0. The van der Waals surface area contributed by atoms with E-state index >= 15 is 0 Å². The van der Waals surface area contributed by atoms with Crippen molar-refractivity contribution in [1.29, 1.82) is 0 Å². The number of ether oxygens (including phenoxy) is 1. The second-order valence-electron chi connectivity index (χ2n) is 6.37. The maximum Gasteiger partial charge on any atom is 0.262 e. The number of amides is 2. The van der Waals surface area contributed by atoms with Gasteiger partial charge >= 0.3 is 0 Å². The van der Waals surface area contributed by atoms with Crippen molar-refractivity contribution in [2.45, 2.75) is 0 Å². The predicted octanol–water partition coefficient (Wildman–Crippen LogP) is 3.70. The second kappa shape index (κ2) is 7.44. The van der Waals surface area contributed by atoms with Crippen molar-refractivity contribution in [3.05, 3.63) is 72.3 Å². The lowest BCUT2D eigenvalue weighted by Crippen LogP contribution is -2.20. The third-order valence-corrected chi connectivity index (χ3v) is 4.51. The van der Waals surface area contributed by atoms with E-state index in [0.29, 0.717) is 17.0 Å². The molecule has 0 aliphatic carbocycles. The van der Waals surface area contributed by atoms with Gasteiger partial charge in [-0.25, -0.2) is 0 Å². The van der Waals surface area contributed by atoms with Gasteiger partial charge in [0.05, 0.1) is 5.52 Å². The van der Waals surface area contributed by atoms with Crippen LogP contribution < -0.4 is 15.4 Å². The highest BCUT2D eigenvalue weighted by Crippen LogP contribution is 2.28. The Balaban J connectivity index is 1.40. The molecule has 0 saturated heterocycles. The van der Waals surface area contributed by atoms with Crippen LogP contribution in [0, 0.1) is 0 Å². The molecule has 0 saturated carbocycles. The molecule has 0 aliphatic heterocycles. The smallest absolute Gasteiger partial charge is 0.262 e. The number of carbonyl (C=O) groups excluding carboxylic acids is 2. The van der Waals surface area contributed by atoms with Gasteiger partial charge in [-0.3, -0.25) is 9.59 Å². The Morgan fingerprint density at radius 1 is 0.929 bits per heavy atom. The number of anilines is 1. The molecule has 0 bridgehead atoms. The summed E-state index contributed by atoms with van der Waals surface area (Å²) in [7, 11) is 1.57. The molecule has 0 aliphatic rings. The lowest BCUT2D eigenvalue weighted by atomic mass is 10.1. The number of aromatic nitrogens is 1.